The molecule has 1 aliphatic heterocycles. The fourth-order valence-electron chi connectivity index (χ4n) is 2.00. The summed E-state index contributed by atoms with van der Waals surface area (Å²) in [6.07, 6.45) is 2.14. The van der Waals surface area contributed by atoms with Crippen LogP contribution in [-0.2, 0) is 4.74 Å². The zero-order valence-corrected chi connectivity index (χ0v) is 12.6. The molecule has 0 unspecified atom stereocenters. The number of hydrogen-bond acceptors (Lipinski definition) is 3. The molecule has 2 rings (SSSR count). The summed E-state index contributed by atoms with van der Waals surface area (Å²) in [5.41, 5.74) is 0.309. The van der Waals surface area contributed by atoms with Gasteiger partial charge < -0.3 is 10.1 Å². The molecule has 1 saturated heterocycles. The van der Waals surface area contributed by atoms with Gasteiger partial charge >= 0.3 is 0 Å². The molecule has 1 heterocycles. The smallest absolute Gasteiger partial charge is 0.252 e. The van der Waals surface area contributed by atoms with Gasteiger partial charge in [-0.1, -0.05) is 11.6 Å². The largest absolute Gasteiger partial charge is 0.381 e. The normalized spacial score (nSPS) is 16.1. The van der Waals surface area contributed by atoms with Gasteiger partial charge in [-0.25, -0.2) is 4.39 Å². The first-order valence-corrected chi connectivity index (χ1v) is 8.02. The predicted molar refractivity (Wildman–Crippen MR) is 80.0 cm³/mol. The van der Waals surface area contributed by atoms with Gasteiger partial charge in [0.05, 0.1) is 10.6 Å². The van der Waals surface area contributed by atoms with Gasteiger partial charge in [-0.3, -0.25) is 4.79 Å². The average molecular weight is 318 g/mol. The molecule has 1 amide bonds. The Morgan fingerprint density at radius 1 is 1.45 bits per heavy atom. The maximum Gasteiger partial charge on any atom is 0.252 e. The van der Waals surface area contributed by atoms with E-state index in [1.165, 1.54) is 12.1 Å². The van der Waals surface area contributed by atoms with Crippen LogP contribution in [0.4, 0.5) is 4.39 Å². The summed E-state index contributed by atoms with van der Waals surface area (Å²) in [6.45, 7) is 2.24. The molecule has 0 aromatic heterocycles. The average Bonchev–Trinajstić information content (AvgIpc) is 2.44. The Bertz CT molecular complexity index is 466. The number of thioether (sulfide) groups is 1. The second-order valence-electron chi connectivity index (χ2n) is 4.56. The van der Waals surface area contributed by atoms with E-state index in [-0.39, 0.29) is 10.9 Å². The van der Waals surface area contributed by atoms with Crippen molar-refractivity contribution in [3.05, 3.63) is 34.6 Å². The van der Waals surface area contributed by atoms with Crippen LogP contribution in [0.3, 0.4) is 0 Å². The van der Waals surface area contributed by atoms with Gasteiger partial charge in [0.1, 0.15) is 5.82 Å². The molecule has 0 atom stereocenters. The molecule has 0 bridgehead atoms. The first kappa shape index (κ1) is 15.6. The van der Waals surface area contributed by atoms with E-state index in [0.717, 1.165) is 37.9 Å². The fraction of sp³-hybridized carbons (Fsp3) is 0.500. The van der Waals surface area contributed by atoms with Gasteiger partial charge in [0.25, 0.3) is 5.91 Å². The Balaban J connectivity index is 1.72. The highest BCUT2D eigenvalue weighted by Gasteiger charge is 2.14. The summed E-state index contributed by atoms with van der Waals surface area (Å²) in [7, 11) is 0. The minimum atomic E-state index is -0.443. The quantitative estimate of drug-likeness (QED) is 0.848. The summed E-state index contributed by atoms with van der Waals surface area (Å²) in [4.78, 5) is 11.9. The van der Waals surface area contributed by atoms with Gasteiger partial charge in [-0.2, -0.15) is 11.8 Å². The summed E-state index contributed by atoms with van der Waals surface area (Å²) >= 11 is 7.69. The Morgan fingerprint density at radius 3 is 2.90 bits per heavy atom. The lowest BCUT2D eigenvalue weighted by Crippen LogP contribution is -2.27. The Morgan fingerprint density at radius 2 is 2.20 bits per heavy atom. The van der Waals surface area contributed by atoms with E-state index in [4.69, 9.17) is 16.3 Å². The first-order valence-electron chi connectivity index (χ1n) is 6.59. The van der Waals surface area contributed by atoms with Gasteiger partial charge in [-0.05, 0) is 31.0 Å². The van der Waals surface area contributed by atoms with E-state index in [1.807, 2.05) is 11.8 Å². The molecule has 6 heteroatoms. The summed E-state index contributed by atoms with van der Waals surface area (Å²) in [6, 6.07) is 3.78. The molecule has 0 aliphatic carbocycles. The van der Waals surface area contributed by atoms with Crippen molar-refractivity contribution in [1.82, 2.24) is 5.32 Å². The first-order chi connectivity index (χ1) is 9.66. The molecule has 1 aromatic rings. The number of carbonyl (C=O) groups is 1. The molecule has 3 nitrogen and oxygen atoms in total. The summed E-state index contributed by atoms with van der Waals surface area (Å²) in [5.74, 6) is 0.152. The Kier molecular flexibility index (Phi) is 6.13. The summed E-state index contributed by atoms with van der Waals surface area (Å²) < 4.78 is 18.2. The topological polar surface area (TPSA) is 38.3 Å². The molecular weight excluding hydrogens is 301 g/mol. The SMILES string of the molecule is O=C(NCCSC1CCOCC1)c1ccc(F)cc1Cl. The molecule has 20 heavy (non-hydrogen) atoms. The van der Waals surface area contributed by atoms with Crippen LogP contribution in [0.5, 0.6) is 0 Å². The molecule has 0 saturated carbocycles. The van der Waals surface area contributed by atoms with Crippen LogP contribution >= 0.6 is 23.4 Å². The molecule has 0 radical (unpaired) electrons. The number of carbonyl (C=O) groups excluding carboxylic acids is 1. The van der Waals surface area contributed by atoms with Crippen molar-refractivity contribution in [1.29, 1.82) is 0 Å². The minimum absolute atomic E-state index is 0.139. The van der Waals surface area contributed by atoms with Crippen LogP contribution in [-0.4, -0.2) is 36.7 Å². The standard InChI is InChI=1S/C14H17ClFNO2S/c15-13-9-10(16)1-2-12(13)14(18)17-5-8-20-11-3-6-19-7-4-11/h1-2,9,11H,3-8H2,(H,17,18). The van der Waals surface area contributed by atoms with Gasteiger partial charge in [0, 0.05) is 30.8 Å². The zero-order valence-electron chi connectivity index (χ0n) is 11.0. The van der Waals surface area contributed by atoms with Crippen LogP contribution in [0.2, 0.25) is 5.02 Å². The molecule has 1 aromatic carbocycles. The minimum Gasteiger partial charge on any atom is -0.381 e. The van der Waals surface area contributed by atoms with E-state index in [9.17, 15) is 9.18 Å². The van der Waals surface area contributed by atoms with E-state index in [2.05, 4.69) is 5.32 Å². The van der Waals surface area contributed by atoms with Gasteiger partial charge in [0.2, 0.25) is 0 Å². The second kappa shape index (κ2) is 7.86. The highest BCUT2D eigenvalue weighted by Crippen LogP contribution is 2.21. The molecule has 1 aliphatic rings. The van der Waals surface area contributed by atoms with Gasteiger partial charge in [-0.15, -0.1) is 0 Å². The maximum atomic E-state index is 12.9. The van der Waals surface area contributed by atoms with Crippen molar-refractivity contribution in [2.24, 2.45) is 0 Å². The third kappa shape index (κ3) is 4.65. The van der Waals surface area contributed by atoms with E-state index >= 15 is 0 Å². The lowest BCUT2D eigenvalue weighted by molar-refractivity contribution is 0.0955. The van der Waals surface area contributed by atoms with Crippen molar-refractivity contribution in [3.63, 3.8) is 0 Å². The van der Waals surface area contributed by atoms with Crippen LogP contribution in [0, 0.1) is 5.82 Å². The van der Waals surface area contributed by atoms with Crippen molar-refractivity contribution in [2.75, 3.05) is 25.5 Å². The number of ether oxygens (including phenoxy) is 1. The molecular formula is C14H17ClFNO2S. The van der Waals surface area contributed by atoms with Gasteiger partial charge in [0.15, 0.2) is 0 Å². The predicted octanol–water partition coefficient (Wildman–Crippen LogP) is 3.12. The number of rotatable bonds is 5. The highest BCUT2D eigenvalue weighted by molar-refractivity contribution is 7.99. The Hall–Kier alpha value is -0.780. The number of benzene rings is 1. The van der Waals surface area contributed by atoms with Crippen molar-refractivity contribution < 1.29 is 13.9 Å². The molecule has 0 spiro atoms. The van der Waals surface area contributed by atoms with E-state index in [1.54, 1.807) is 0 Å². The maximum absolute atomic E-state index is 12.9. The van der Waals surface area contributed by atoms with Crippen molar-refractivity contribution >= 4 is 29.3 Å². The lowest BCUT2D eigenvalue weighted by atomic mass is 10.2. The van der Waals surface area contributed by atoms with Crippen molar-refractivity contribution in [3.8, 4) is 0 Å². The number of nitrogens with one attached hydrogen (secondary N) is 1. The fourth-order valence-corrected chi connectivity index (χ4v) is 3.33. The van der Waals surface area contributed by atoms with Crippen LogP contribution in [0.25, 0.3) is 0 Å². The molecule has 1 fully saturated rings. The molecule has 1 N–H and O–H groups in total. The van der Waals surface area contributed by atoms with Crippen LogP contribution < -0.4 is 5.32 Å². The number of hydrogen-bond donors (Lipinski definition) is 1. The van der Waals surface area contributed by atoms with E-state index < -0.39 is 5.82 Å². The third-order valence-corrected chi connectivity index (χ3v) is 4.78. The van der Waals surface area contributed by atoms with Crippen molar-refractivity contribution in [2.45, 2.75) is 18.1 Å². The number of halogens is 2. The third-order valence-electron chi connectivity index (χ3n) is 3.09. The molecule has 110 valence electrons. The Labute approximate surface area is 127 Å². The highest BCUT2D eigenvalue weighted by atomic mass is 35.5. The lowest BCUT2D eigenvalue weighted by Gasteiger charge is -2.21. The van der Waals surface area contributed by atoms with Crippen LogP contribution in [0.1, 0.15) is 23.2 Å². The zero-order chi connectivity index (χ0) is 14.4. The van der Waals surface area contributed by atoms with E-state index in [0.29, 0.717) is 17.4 Å². The van der Waals surface area contributed by atoms with Crippen LogP contribution in [0.15, 0.2) is 18.2 Å². The number of amides is 1. The second-order valence-corrected chi connectivity index (χ2v) is 6.38. The monoisotopic (exact) mass is 317 g/mol. The summed E-state index contributed by atoms with van der Waals surface area (Å²) in [5, 5.41) is 3.56.